The van der Waals surface area contributed by atoms with Gasteiger partial charge in [0.1, 0.15) is 0 Å². The van der Waals surface area contributed by atoms with Gasteiger partial charge in [-0.1, -0.05) is 40.2 Å². The van der Waals surface area contributed by atoms with Gasteiger partial charge in [0.05, 0.1) is 0 Å². The summed E-state index contributed by atoms with van der Waals surface area (Å²) in [6, 6.07) is 16.7. The lowest BCUT2D eigenvalue weighted by Gasteiger charge is -2.13. The van der Waals surface area contributed by atoms with Crippen LogP contribution in [0.1, 0.15) is 17.4 Å². The van der Waals surface area contributed by atoms with Crippen LogP contribution in [0, 0.1) is 0 Å². The van der Waals surface area contributed by atoms with Gasteiger partial charge in [-0.25, -0.2) is 0 Å². The molecule has 0 N–H and O–H groups in total. The highest BCUT2D eigenvalue weighted by atomic mass is 79.9. The maximum absolute atomic E-state index is 5.23. The Morgan fingerprint density at radius 2 is 1.75 bits per heavy atom. The van der Waals surface area contributed by atoms with Crippen molar-refractivity contribution in [1.82, 2.24) is 0 Å². The Bertz CT molecular complexity index is 538. The molecule has 2 aromatic rings. The van der Waals surface area contributed by atoms with Gasteiger partial charge in [-0.15, -0.1) is 11.8 Å². The Kier molecular flexibility index (Phi) is 6.10. The smallest absolute Gasteiger partial charge is 0.183 e. The van der Waals surface area contributed by atoms with Gasteiger partial charge in [-0.2, -0.15) is 0 Å². The molecule has 0 unspecified atom stereocenters. The van der Waals surface area contributed by atoms with Crippen LogP contribution in [0.25, 0.3) is 0 Å². The van der Waals surface area contributed by atoms with E-state index < -0.39 is 0 Å². The van der Waals surface area contributed by atoms with Gasteiger partial charge in [0, 0.05) is 34.9 Å². The first kappa shape index (κ1) is 15.6. The lowest BCUT2D eigenvalue weighted by molar-refractivity contribution is -0.106. The van der Waals surface area contributed by atoms with Crippen LogP contribution in [-0.2, 0) is 15.2 Å². The highest BCUT2D eigenvalue weighted by molar-refractivity contribution is 9.10. The minimum Gasteiger partial charge on any atom is -0.352 e. The average molecular weight is 353 g/mol. The van der Waals surface area contributed by atoms with Gasteiger partial charge in [-0.05, 0) is 29.8 Å². The molecule has 0 bridgehead atoms. The molecule has 0 amide bonds. The Morgan fingerprint density at radius 1 is 1.05 bits per heavy atom. The van der Waals surface area contributed by atoms with Gasteiger partial charge in [0.15, 0.2) is 6.29 Å². The molecule has 0 aliphatic rings. The second-order valence-corrected chi connectivity index (χ2v) is 6.26. The first-order valence-corrected chi connectivity index (χ1v) is 8.03. The fraction of sp³-hybridized carbons (Fsp3) is 0.250. The van der Waals surface area contributed by atoms with Crippen molar-refractivity contribution in [2.24, 2.45) is 0 Å². The van der Waals surface area contributed by atoms with Gasteiger partial charge < -0.3 is 9.47 Å². The monoisotopic (exact) mass is 352 g/mol. The van der Waals surface area contributed by atoms with Gasteiger partial charge >= 0.3 is 0 Å². The number of benzene rings is 2. The lowest BCUT2D eigenvalue weighted by atomic mass is 10.2. The number of halogens is 1. The SMILES string of the molecule is COC(OC)c1ccc(SCc2cccc(Br)c2)cc1. The van der Waals surface area contributed by atoms with Crippen LogP contribution >= 0.6 is 27.7 Å². The Morgan fingerprint density at radius 3 is 2.35 bits per heavy atom. The molecule has 106 valence electrons. The standard InChI is InChI=1S/C16H17BrO2S/c1-18-16(19-2)13-6-8-15(9-7-13)20-11-12-4-3-5-14(17)10-12/h3-10,16H,11H2,1-2H3. The summed E-state index contributed by atoms with van der Waals surface area (Å²) >= 11 is 5.31. The highest BCUT2D eigenvalue weighted by Gasteiger charge is 2.08. The fourth-order valence-corrected chi connectivity index (χ4v) is 3.17. The first-order chi connectivity index (χ1) is 9.72. The van der Waals surface area contributed by atoms with Crippen LogP contribution in [0.2, 0.25) is 0 Å². The van der Waals surface area contributed by atoms with E-state index in [9.17, 15) is 0 Å². The summed E-state index contributed by atoms with van der Waals surface area (Å²) in [5, 5.41) is 0. The normalized spacial score (nSPS) is 11.0. The van der Waals surface area contributed by atoms with Crippen molar-refractivity contribution >= 4 is 27.7 Å². The first-order valence-electron chi connectivity index (χ1n) is 6.25. The molecule has 2 aromatic carbocycles. The van der Waals surface area contributed by atoms with E-state index in [1.54, 1.807) is 14.2 Å². The molecule has 0 heterocycles. The summed E-state index contributed by atoms with van der Waals surface area (Å²) in [6.07, 6.45) is -0.292. The molecule has 0 radical (unpaired) electrons. The molecule has 0 fully saturated rings. The van der Waals surface area contributed by atoms with Crippen molar-refractivity contribution in [2.45, 2.75) is 16.9 Å². The van der Waals surface area contributed by atoms with E-state index in [-0.39, 0.29) is 6.29 Å². The Hall–Kier alpha value is -0.810. The molecule has 0 spiro atoms. The molecule has 0 saturated carbocycles. The number of hydrogen-bond acceptors (Lipinski definition) is 3. The number of methoxy groups -OCH3 is 2. The van der Waals surface area contributed by atoms with Crippen LogP contribution < -0.4 is 0 Å². The van der Waals surface area contributed by atoms with Crippen LogP contribution in [0.5, 0.6) is 0 Å². The topological polar surface area (TPSA) is 18.5 Å². The van der Waals surface area contributed by atoms with E-state index in [2.05, 4.69) is 46.3 Å². The fourth-order valence-electron chi connectivity index (χ4n) is 1.88. The van der Waals surface area contributed by atoms with Crippen molar-refractivity contribution in [3.05, 3.63) is 64.1 Å². The average Bonchev–Trinajstić information content (AvgIpc) is 2.48. The predicted molar refractivity (Wildman–Crippen MR) is 86.9 cm³/mol. The summed E-state index contributed by atoms with van der Waals surface area (Å²) in [7, 11) is 3.29. The van der Waals surface area contributed by atoms with Crippen molar-refractivity contribution in [3.8, 4) is 0 Å². The Balaban J connectivity index is 1.97. The van der Waals surface area contributed by atoms with Crippen LogP contribution in [0.4, 0.5) is 0 Å². The quantitative estimate of drug-likeness (QED) is 0.536. The zero-order chi connectivity index (χ0) is 14.4. The lowest BCUT2D eigenvalue weighted by Crippen LogP contribution is -2.02. The van der Waals surface area contributed by atoms with E-state index in [1.165, 1.54) is 10.5 Å². The molecule has 2 nitrogen and oxygen atoms in total. The zero-order valence-electron chi connectivity index (χ0n) is 11.5. The van der Waals surface area contributed by atoms with E-state index in [0.717, 1.165) is 15.8 Å². The number of rotatable bonds is 6. The maximum Gasteiger partial charge on any atom is 0.183 e. The van der Waals surface area contributed by atoms with E-state index in [0.29, 0.717) is 0 Å². The van der Waals surface area contributed by atoms with Gasteiger partial charge in [0.25, 0.3) is 0 Å². The second kappa shape index (κ2) is 7.84. The summed E-state index contributed by atoms with van der Waals surface area (Å²) in [4.78, 5) is 1.24. The van der Waals surface area contributed by atoms with Crippen LogP contribution in [0.15, 0.2) is 57.9 Å². The summed E-state index contributed by atoms with van der Waals surface area (Å²) in [6.45, 7) is 0. The van der Waals surface area contributed by atoms with Crippen molar-refractivity contribution in [3.63, 3.8) is 0 Å². The molecule has 0 aliphatic heterocycles. The molecular weight excluding hydrogens is 336 g/mol. The molecule has 4 heteroatoms. The number of thioether (sulfide) groups is 1. The van der Waals surface area contributed by atoms with Gasteiger partial charge in [-0.3, -0.25) is 0 Å². The minimum absolute atomic E-state index is 0.292. The molecule has 0 aromatic heterocycles. The number of ether oxygens (including phenoxy) is 2. The molecular formula is C16H17BrO2S. The van der Waals surface area contributed by atoms with Crippen molar-refractivity contribution < 1.29 is 9.47 Å². The minimum atomic E-state index is -0.292. The molecule has 0 atom stereocenters. The van der Waals surface area contributed by atoms with Crippen molar-refractivity contribution in [1.29, 1.82) is 0 Å². The van der Waals surface area contributed by atoms with E-state index in [4.69, 9.17) is 9.47 Å². The van der Waals surface area contributed by atoms with Crippen LogP contribution in [0.3, 0.4) is 0 Å². The van der Waals surface area contributed by atoms with E-state index >= 15 is 0 Å². The van der Waals surface area contributed by atoms with E-state index in [1.807, 2.05) is 30.0 Å². The zero-order valence-corrected chi connectivity index (χ0v) is 13.9. The number of hydrogen-bond donors (Lipinski definition) is 0. The highest BCUT2D eigenvalue weighted by Crippen LogP contribution is 2.26. The maximum atomic E-state index is 5.23. The molecule has 2 rings (SSSR count). The largest absolute Gasteiger partial charge is 0.352 e. The van der Waals surface area contributed by atoms with Crippen LogP contribution in [-0.4, -0.2) is 14.2 Å². The molecule has 20 heavy (non-hydrogen) atoms. The summed E-state index contributed by atoms with van der Waals surface area (Å²) in [5.74, 6) is 0.955. The Labute approximate surface area is 132 Å². The summed E-state index contributed by atoms with van der Waals surface area (Å²) < 4.78 is 11.6. The third-order valence-electron chi connectivity index (χ3n) is 2.87. The molecule has 0 aliphatic carbocycles. The van der Waals surface area contributed by atoms with Gasteiger partial charge in [0.2, 0.25) is 0 Å². The molecule has 0 saturated heterocycles. The summed E-state index contributed by atoms with van der Waals surface area (Å²) in [5.41, 5.74) is 2.34. The van der Waals surface area contributed by atoms with Crippen molar-refractivity contribution in [2.75, 3.05) is 14.2 Å². The third-order valence-corrected chi connectivity index (χ3v) is 4.45. The third kappa shape index (κ3) is 4.35. The predicted octanol–water partition coefficient (Wildman–Crippen LogP) is 5.03. The second-order valence-electron chi connectivity index (χ2n) is 4.29.